The summed E-state index contributed by atoms with van der Waals surface area (Å²) >= 11 is 0. The Hall–Kier alpha value is -1.67. The van der Waals surface area contributed by atoms with Gasteiger partial charge < -0.3 is 5.73 Å². The van der Waals surface area contributed by atoms with E-state index in [4.69, 9.17) is 5.73 Å². The van der Waals surface area contributed by atoms with Crippen molar-refractivity contribution in [2.24, 2.45) is 5.73 Å². The van der Waals surface area contributed by atoms with Gasteiger partial charge in [-0.3, -0.25) is 14.4 Å². The van der Waals surface area contributed by atoms with E-state index in [1.165, 1.54) is 5.57 Å². The number of nitrogens with two attached hydrogens (primary N) is 1. The number of sulfone groups is 1. The summed E-state index contributed by atoms with van der Waals surface area (Å²) in [5, 5.41) is 4.37. The minimum absolute atomic E-state index is 0.0294. The third kappa shape index (κ3) is 4.24. The first kappa shape index (κ1) is 17.2. The van der Waals surface area contributed by atoms with Crippen molar-refractivity contribution < 1.29 is 13.2 Å². The van der Waals surface area contributed by atoms with E-state index in [0.29, 0.717) is 12.8 Å². The molecule has 24 heavy (non-hydrogen) atoms. The van der Waals surface area contributed by atoms with Crippen molar-refractivity contribution in [3.8, 4) is 0 Å². The lowest BCUT2D eigenvalue weighted by atomic mass is 10.0. The number of nitrogens with zero attached hydrogens (tertiary/aromatic N) is 3. The van der Waals surface area contributed by atoms with E-state index in [1.54, 1.807) is 4.68 Å². The van der Waals surface area contributed by atoms with Gasteiger partial charge in [0.25, 0.3) is 0 Å². The van der Waals surface area contributed by atoms with E-state index >= 15 is 0 Å². The van der Waals surface area contributed by atoms with Crippen LogP contribution in [-0.4, -0.2) is 60.1 Å². The van der Waals surface area contributed by atoms with Crippen LogP contribution in [0.1, 0.15) is 37.3 Å². The van der Waals surface area contributed by atoms with Gasteiger partial charge in [0.15, 0.2) is 9.84 Å². The Morgan fingerprint density at radius 2 is 2.25 bits per heavy atom. The van der Waals surface area contributed by atoms with Crippen LogP contribution in [0.2, 0.25) is 0 Å². The Bertz CT molecular complexity index is 738. The number of rotatable bonds is 6. The Morgan fingerprint density at radius 3 is 2.88 bits per heavy atom. The molecule has 1 aromatic rings. The molecule has 3 rings (SSSR count). The molecule has 1 amide bonds. The van der Waals surface area contributed by atoms with Crippen LogP contribution in [0.3, 0.4) is 0 Å². The molecule has 1 unspecified atom stereocenters. The molecule has 0 spiro atoms. The molecule has 2 N–H and O–H groups in total. The first-order valence-electron chi connectivity index (χ1n) is 8.37. The fourth-order valence-corrected chi connectivity index (χ4v) is 5.04. The Morgan fingerprint density at radius 1 is 1.42 bits per heavy atom. The Kier molecular flexibility index (Phi) is 5.05. The van der Waals surface area contributed by atoms with Crippen LogP contribution in [-0.2, 0) is 14.6 Å². The van der Waals surface area contributed by atoms with Gasteiger partial charge in [-0.2, -0.15) is 5.10 Å². The third-order valence-electron chi connectivity index (χ3n) is 4.75. The third-order valence-corrected chi connectivity index (χ3v) is 6.50. The van der Waals surface area contributed by atoms with Crippen molar-refractivity contribution in [1.29, 1.82) is 0 Å². The van der Waals surface area contributed by atoms with Gasteiger partial charge in [0.1, 0.15) is 0 Å². The topological polar surface area (TPSA) is 98.3 Å². The molecule has 132 valence electrons. The molecule has 3 heterocycles. The molecule has 0 bridgehead atoms. The number of amides is 1. The van der Waals surface area contributed by atoms with E-state index in [0.717, 1.165) is 38.0 Å². The molecule has 1 aromatic heterocycles. The Labute approximate surface area is 142 Å². The number of aromatic nitrogens is 2. The summed E-state index contributed by atoms with van der Waals surface area (Å²) in [5.74, 6) is 0.209. The summed E-state index contributed by atoms with van der Waals surface area (Å²) in [5.41, 5.74) is 7.50. The lowest BCUT2D eigenvalue weighted by Crippen LogP contribution is -2.30. The maximum absolute atomic E-state index is 11.6. The zero-order chi connectivity index (χ0) is 17.2. The molecule has 2 aliphatic rings. The van der Waals surface area contributed by atoms with Gasteiger partial charge in [-0.1, -0.05) is 6.08 Å². The molecule has 8 heteroatoms. The molecule has 2 aliphatic heterocycles. The molecule has 0 aliphatic carbocycles. The standard InChI is InChI=1S/C16H24N4O3S/c17-16(21)2-1-6-19-7-3-13(4-8-19)14-10-18-20(11-14)15-5-9-24(22,23)12-15/h3,10-11,15H,1-2,4-9,12H2,(H2,17,21). The molecule has 1 saturated heterocycles. The second-order valence-corrected chi connectivity index (χ2v) is 8.84. The van der Waals surface area contributed by atoms with Crippen molar-refractivity contribution >= 4 is 21.3 Å². The van der Waals surface area contributed by atoms with E-state index in [1.807, 2.05) is 12.4 Å². The summed E-state index contributed by atoms with van der Waals surface area (Å²) < 4.78 is 25.0. The van der Waals surface area contributed by atoms with Crippen LogP contribution in [0, 0.1) is 0 Å². The second kappa shape index (κ2) is 7.06. The highest BCUT2D eigenvalue weighted by Crippen LogP contribution is 2.26. The average Bonchev–Trinajstić information content (AvgIpc) is 3.14. The maximum Gasteiger partial charge on any atom is 0.217 e. The predicted molar refractivity (Wildman–Crippen MR) is 92.0 cm³/mol. The van der Waals surface area contributed by atoms with Gasteiger partial charge in [0, 0.05) is 31.3 Å². The molecule has 1 fully saturated rings. The van der Waals surface area contributed by atoms with Crippen molar-refractivity contribution in [2.75, 3.05) is 31.1 Å². The quantitative estimate of drug-likeness (QED) is 0.808. The zero-order valence-corrected chi connectivity index (χ0v) is 14.5. The lowest BCUT2D eigenvalue weighted by molar-refractivity contribution is -0.118. The van der Waals surface area contributed by atoms with Gasteiger partial charge in [0.2, 0.25) is 5.91 Å². The van der Waals surface area contributed by atoms with E-state index < -0.39 is 9.84 Å². The highest BCUT2D eigenvalue weighted by molar-refractivity contribution is 7.91. The average molecular weight is 352 g/mol. The fourth-order valence-electron chi connectivity index (χ4n) is 3.34. The fraction of sp³-hybridized carbons (Fsp3) is 0.625. The van der Waals surface area contributed by atoms with Crippen molar-refractivity contribution in [3.05, 3.63) is 24.0 Å². The van der Waals surface area contributed by atoms with E-state index in [2.05, 4.69) is 16.1 Å². The smallest absolute Gasteiger partial charge is 0.217 e. The molecule has 1 atom stereocenters. The van der Waals surface area contributed by atoms with Crippen molar-refractivity contribution in [3.63, 3.8) is 0 Å². The SMILES string of the molecule is NC(=O)CCCN1CC=C(c2cnn(C3CCS(=O)(=O)C3)c2)CC1. The summed E-state index contributed by atoms with van der Waals surface area (Å²) in [4.78, 5) is 13.1. The largest absolute Gasteiger partial charge is 0.370 e. The first-order chi connectivity index (χ1) is 11.4. The molecule has 0 radical (unpaired) electrons. The van der Waals surface area contributed by atoms with Crippen LogP contribution in [0.25, 0.3) is 5.57 Å². The monoisotopic (exact) mass is 352 g/mol. The van der Waals surface area contributed by atoms with Crippen molar-refractivity contribution in [1.82, 2.24) is 14.7 Å². The summed E-state index contributed by atoms with van der Waals surface area (Å²) in [7, 11) is -2.90. The zero-order valence-electron chi connectivity index (χ0n) is 13.7. The highest BCUT2D eigenvalue weighted by atomic mass is 32.2. The molecule has 0 aromatic carbocycles. The van der Waals surface area contributed by atoms with E-state index in [-0.39, 0.29) is 23.5 Å². The summed E-state index contributed by atoms with van der Waals surface area (Å²) in [6.45, 7) is 2.69. The van der Waals surface area contributed by atoms with Crippen LogP contribution in [0.15, 0.2) is 18.5 Å². The number of hydrogen-bond donors (Lipinski definition) is 1. The normalized spacial score (nSPS) is 24.0. The number of primary amides is 1. The minimum atomic E-state index is -2.90. The van der Waals surface area contributed by atoms with Crippen LogP contribution in [0.4, 0.5) is 0 Å². The molecular formula is C16H24N4O3S. The lowest BCUT2D eigenvalue weighted by Gasteiger charge is -2.25. The van der Waals surface area contributed by atoms with Gasteiger partial charge in [0.05, 0.1) is 23.7 Å². The molecule has 7 nitrogen and oxygen atoms in total. The van der Waals surface area contributed by atoms with Crippen LogP contribution < -0.4 is 5.73 Å². The Balaban J connectivity index is 1.56. The summed E-state index contributed by atoms with van der Waals surface area (Å²) in [6.07, 6.45) is 8.82. The van der Waals surface area contributed by atoms with Crippen LogP contribution in [0.5, 0.6) is 0 Å². The van der Waals surface area contributed by atoms with Crippen molar-refractivity contribution in [2.45, 2.75) is 31.7 Å². The maximum atomic E-state index is 11.6. The van der Waals surface area contributed by atoms with E-state index in [9.17, 15) is 13.2 Å². The van der Waals surface area contributed by atoms with Gasteiger partial charge >= 0.3 is 0 Å². The number of hydrogen-bond acceptors (Lipinski definition) is 5. The predicted octanol–water partition coefficient (Wildman–Crippen LogP) is 0.597. The minimum Gasteiger partial charge on any atom is -0.370 e. The second-order valence-electron chi connectivity index (χ2n) is 6.62. The number of carbonyl (C=O) groups excluding carboxylic acids is 1. The summed E-state index contributed by atoms with van der Waals surface area (Å²) in [6, 6.07) is -0.0294. The van der Waals surface area contributed by atoms with Crippen LogP contribution >= 0.6 is 0 Å². The molecular weight excluding hydrogens is 328 g/mol. The highest BCUT2D eigenvalue weighted by Gasteiger charge is 2.29. The van der Waals surface area contributed by atoms with Gasteiger partial charge in [-0.25, -0.2) is 8.42 Å². The number of carbonyl (C=O) groups is 1. The van der Waals surface area contributed by atoms with Gasteiger partial charge in [-0.15, -0.1) is 0 Å². The molecule has 0 saturated carbocycles. The first-order valence-corrected chi connectivity index (χ1v) is 10.2. The van der Waals surface area contributed by atoms with Gasteiger partial charge in [-0.05, 0) is 31.4 Å².